The highest BCUT2D eigenvalue weighted by atomic mass is 16.7. The van der Waals surface area contributed by atoms with Crippen LogP contribution in [0.15, 0.2) is 83.0 Å². The van der Waals surface area contributed by atoms with Crippen LogP contribution in [-0.4, -0.2) is 189 Å². The number of likely N-dealkylation sites (N-methyl/N-ethyl adjacent to an activating group) is 2. The number of ether oxygens (including phenoxy) is 12. The van der Waals surface area contributed by atoms with Gasteiger partial charge in [0.15, 0.2) is 24.5 Å². The molecule has 6 aliphatic heterocycles. The van der Waals surface area contributed by atoms with Gasteiger partial charge in [-0.2, -0.15) is 0 Å². The fraction of sp³-hybridized carbons (Fsp3) is 0.720. The molecule has 20 heteroatoms. The number of aliphatic hydroxyl groups excluding tert-OH is 1. The highest BCUT2D eigenvalue weighted by Crippen LogP contribution is 2.50. The quantitative estimate of drug-likeness (QED) is 0.0664. The van der Waals surface area contributed by atoms with Crippen molar-refractivity contribution >= 4 is 18.2 Å². The maximum Gasteiger partial charge on any atom is 0.415 e. The van der Waals surface area contributed by atoms with E-state index < -0.39 is 109 Å². The third kappa shape index (κ3) is 17.0. The second-order valence-corrected chi connectivity index (χ2v) is 28.9. The Hall–Kier alpha value is -4.97. The van der Waals surface area contributed by atoms with Crippen molar-refractivity contribution in [3.05, 3.63) is 94.2 Å². The molecular formula is C75H112N2O18. The van der Waals surface area contributed by atoms with Gasteiger partial charge < -0.3 is 82.0 Å². The number of phenols is 1. The van der Waals surface area contributed by atoms with Gasteiger partial charge in [0, 0.05) is 90.9 Å². The van der Waals surface area contributed by atoms with Crippen molar-refractivity contribution in [2.75, 3.05) is 48.0 Å². The number of methoxy groups -OCH3 is 2. The zero-order chi connectivity index (χ0) is 68.8. The number of aliphatic hydroxyl groups is 2. The summed E-state index contributed by atoms with van der Waals surface area (Å²) in [5.41, 5.74) is 3.72. The molecular weight excluding hydrogens is 1220 g/mol. The molecule has 9 rings (SSSR count). The number of amides is 2. The number of carbonyl (C=O) groups excluding carboxylic acids is 3. The molecule has 0 saturated carbocycles. The van der Waals surface area contributed by atoms with Crippen LogP contribution >= 0.6 is 0 Å². The van der Waals surface area contributed by atoms with Gasteiger partial charge in [-0.05, 0) is 132 Å². The first-order valence-electron chi connectivity index (χ1n) is 35.2. The van der Waals surface area contributed by atoms with E-state index in [2.05, 4.69) is 60.3 Å². The normalized spacial score (nSPS) is 38.6. The van der Waals surface area contributed by atoms with Crippen molar-refractivity contribution in [3.63, 3.8) is 0 Å². The summed E-state index contributed by atoms with van der Waals surface area (Å²) in [6.07, 6.45) is 11.2. The maximum atomic E-state index is 14.6. The molecule has 1 spiro atoms. The van der Waals surface area contributed by atoms with Gasteiger partial charge in [-0.25, -0.2) is 9.59 Å². The van der Waals surface area contributed by atoms with Crippen LogP contribution in [0.2, 0.25) is 0 Å². The van der Waals surface area contributed by atoms with Gasteiger partial charge in [0.2, 0.25) is 0 Å². The van der Waals surface area contributed by atoms with E-state index in [1.54, 1.807) is 60.4 Å². The van der Waals surface area contributed by atoms with E-state index in [0.29, 0.717) is 60.5 Å². The van der Waals surface area contributed by atoms with Crippen molar-refractivity contribution in [3.8, 4) is 11.5 Å². The standard InChI is InChI=1S/C75H112N2O18/c1-17-19-20-23-51-35-58(78)64(56-33-43(5)25-28-55(56)42(3)4)59(36-51)90-72(81)76(13)31-32-77(14)73(82)93-69-50(12)88-63(39-61(69)85-16)92-68-49(11)87-62(38-60(68)84-15)91-66-45(7)22-21-24-52-41-86-70-65(79)48(10)34-57(75(52,70)83)71(80)89-54-37-53(27-26-46(66)8)94-74(40-54)30-29-47(9)67(95-74)44(6)18-2/h21-22,24,26,33-36,44-45,47,49-50,53-57,60-63,65-70,78-79,83H,3,17-20,23,25,27-32,37-41H2,1-2,4-16H3/b22-21+,46-26+,52-24+/t44-,45-,47-,49-,50-,53+,54-,55-,56+,57-,60-,61-,62-,63-,65+,66-,67+,68-,69-,70+,74+,75+/m0/s1. The van der Waals surface area contributed by atoms with Gasteiger partial charge in [-0.15, -0.1) is 0 Å². The zero-order valence-electron chi connectivity index (χ0n) is 59.3. The van der Waals surface area contributed by atoms with Crippen molar-refractivity contribution in [1.29, 1.82) is 0 Å². The van der Waals surface area contributed by atoms with Gasteiger partial charge >= 0.3 is 18.2 Å². The number of hydrogen-bond donors (Lipinski definition) is 3. The molecule has 0 aromatic heterocycles. The molecule has 8 aliphatic rings. The van der Waals surface area contributed by atoms with Crippen LogP contribution in [0.1, 0.15) is 177 Å². The van der Waals surface area contributed by atoms with Crippen molar-refractivity contribution in [1.82, 2.24) is 9.80 Å². The molecule has 6 heterocycles. The molecule has 5 saturated heterocycles. The van der Waals surface area contributed by atoms with Crippen molar-refractivity contribution in [2.24, 2.45) is 29.6 Å². The number of allylic oxidation sites excluding steroid dienone is 5. The zero-order valence-corrected chi connectivity index (χ0v) is 59.3. The molecule has 5 fully saturated rings. The van der Waals surface area contributed by atoms with Crippen molar-refractivity contribution < 1.29 is 86.5 Å². The Morgan fingerprint density at radius 3 is 2.23 bits per heavy atom. The molecule has 1 aromatic rings. The van der Waals surface area contributed by atoms with E-state index >= 15 is 0 Å². The molecule has 2 aliphatic carbocycles. The fourth-order valence-corrected chi connectivity index (χ4v) is 15.7. The van der Waals surface area contributed by atoms with Gasteiger partial charge in [0.05, 0.1) is 43.2 Å². The summed E-state index contributed by atoms with van der Waals surface area (Å²) in [6.45, 7) is 26.9. The predicted octanol–water partition coefficient (Wildman–Crippen LogP) is 12.3. The lowest BCUT2D eigenvalue weighted by atomic mass is 9.71. The average Bonchev–Trinajstić information content (AvgIpc) is 1.64. The number of nitrogens with zero attached hydrogens (tertiary/aromatic N) is 2. The Morgan fingerprint density at radius 1 is 0.863 bits per heavy atom. The molecule has 2 bridgehead atoms. The number of hydrogen-bond acceptors (Lipinski definition) is 18. The average molecular weight is 1330 g/mol. The molecule has 0 unspecified atom stereocenters. The predicted molar refractivity (Wildman–Crippen MR) is 358 cm³/mol. The summed E-state index contributed by atoms with van der Waals surface area (Å²) >= 11 is 0. The first-order chi connectivity index (χ1) is 45.2. The topological polar surface area (TPSA) is 229 Å². The lowest BCUT2D eigenvalue weighted by Gasteiger charge is -2.51. The number of fused-ring (bicyclic) bond motifs is 2. The Balaban J connectivity index is 0.840. The molecule has 20 nitrogen and oxygen atoms in total. The number of rotatable bonds is 19. The Labute approximate surface area is 564 Å². The molecule has 22 atom stereocenters. The second-order valence-electron chi connectivity index (χ2n) is 28.9. The van der Waals surface area contributed by atoms with E-state index in [1.165, 1.54) is 15.4 Å². The smallest absolute Gasteiger partial charge is 0.415 e. The molecule has 3 N–H and O–H groups in total. The van der Waals surface area contributed by atoms with Crippen LogP contribution in [-0.2, 0) is 63.3 Å². The lowest BCUT2D eigenvalue weighted by Crippen LogP contribution is -2.58. The largest absolute Gasteiger partial charge is 0.507 e. The van der Waals surface area contributed by atoms with E-state index in [0.717, 1.165) is 68.1 Å². The fourth-order valence-electron chi connectivity index (χ4n) is 15.7. The van der Waals surface area contributed by atoms with Gasteiger partial charge in [-0.1, -0.05) is 108 Å². The summed E-state index contributed by atoms with van der Waals surface area (Å²) in [6, 6.07) is 3.68. The van der Waals surface area contributed by atoms with Crippen LogP contribution in [0.25, 0.3) is 0 Å². The Bertz CT molecular complexity index is 2990. The number of aromatic hydroxyl groups is 1. The summed E-state index contributed by atoms with van der Waals surface area (Å²) in [5.74, 6) is -2.07. The van der Waals surface area contributed by atoms with Crippen LogP contribution < -0.4 is 4.74 Å². The molecule has 95 heavy (non-hydrogen) atoms. The van der Waals surface area contributed by atoms with Crippen LogP contribution in [0.4, 0.5) is 9.59 Å². The highest BCUT2D eigenvalue weighted by molar-refractivity contribution is 5.79. The Morgan fingerprint density at radius 2 is 1.55 bits per heavy atom. The summed E-state index contributed by atoms with van der Waals surface area (Å²) in [5, 5.41) is 35.7. The van der Waals surface area contributed by atoms with Crippen molar-refractivity contribution in [2.45, 2.75) is 269 Å². The maximum absolute atomic E-state index is 14.6. The number of aryl methyl sites for hydroxylation is 1. The minimum absolute atomic E-state index is 0.00669. The number of unbranched alkanes of at least 4 members (excludes halogenated alkanes) is 2. The first kappa shape index (κ1) is 74.3. The molecule has 1 aromatic carbocycles. The van der Waals surface area contributed by atoms with Gasteiger partial charge in [0.1, 0.15) is 53.5 Å². The van der Waals surface area contributed by atoms with E-state index in [9.17, 15) is 29.7 Å². The molecule has 0 radical (unpaired) electrons. The number of benzene rings is 1. The summed E-state index contributed by atoms with van der Waals surface area (Å²) in [7, 11) is 6.41. The Kier molecular flexibility index (Phi) is 25.3. The monoisotopic (exact) mass is 1330 g/mol. The van der Waals surface area contributed by atoms with Crippen LogP contribution in [0.5, 0.6) is 11.5 Å². The summed E-state index contributed by atoms with van der Waals surface area (Å²) < 4.78 is 78.0. The lowest BCUT2D eigenvalue weighted by molar-refractivity contribution is -0.340. The van der Waals surface area contributed by atoms with Gasteiger partial charge in [-0.3, -0.25) is 4.79 Å². The second kappa shape index (κ2) is 32.4. The minimum atomic E-state index is -1.87. The third-order valence-electron chi connectivity index (χ3n) is 21.7. The van der Waals surface area contributed by atoms with E-state index in [1.807, 2.05) is 39.0 Å². The number of esters is 1. The van der Waals surface area contributed by atoms with E-state index in [-0.39, 0.29) is 67.7 Å². The van der Waals surface area contributed by atoms with Crippen LogP contribution in [0.3, 0.4) is 0 Å². The van der Waals surface area contributed by atoms with Crippen LogP contribution in [0, 0.1) is 29.6 Å². The number of carbonyl (C=O) groups is 3. The van der Waals surface area contributed by atoms with Gasteiger partial charge in [0.25, 0.3) is 0 Å². The third-order valence-corrected chi connectivity index (χ3v) is 21.7. The first-order valence-corrected chi connectivity index (χ1v) is 35.2. The number of phenolic OH excluding ortho intramolecular Hbond substituents is 1. The molecule has 530 valence electrons. The SMILES string of the molecule is C=C(C)[C@@H]1CCC(C)=C[C@H]1c1c(O)cc(CCCCC)cc1OC(=O)N(C)CCN(C)C(=O)O[C@H]1[C@H](C)O[C@@H](O[C@H]2[C@H](C)O[C@@H](O[C@@H]3/C(C)=C/C[C@@H]4C[C@@H](C[C@]5(CC[C@H](C)[C@@H]([C@@H](C)CC)O5)O4)OC(=O)[C@@H]4C=C(C)[C@@H](O)[C@H]5OC/C(=C\C=C\[C@@H]3C)[C@]54O)C[C@@H]2OC)C[C@@H]1OC. The highest BCUT2D eigenvalue weighted by Gasteiger charge is 2.60. The summed E-state index contributed by atoms with van der Waals surface area (Å²) in [4.78, 5) is 45.1. The van der Waals surface area contributed by atoms with E-state index in [4.69, 9.17) is 56.8 Å². The minimum Gasteiger partial charge on any atom is -0.507 e. The molecule has 2 amide bonds.